The molecule has 4 nitrogen and oxygen atoms in total. The van der Waals surface area contributed by atoms with Crippen LogP contribution in [-0.4, -0.2) is 5.91 Å². The molecule has 0 fully saturated rings. The zero-order valence-corrected chi connectivity index (χ0v) is 15.3. The number of aryl methyl sites for hydroxylation is 1. The second-order valence-electron chi connectivity index (χ2n) is 7.49. The summed E-state index contributed by atoms with van der Waals surface area (Å²) in [5, 5.41) is 13.1. The van der Waals surface area contributed by atoms with Crippen molar-refractivity contribution in [3.63, 3.8) is 0 Å². The summed E-state index contributed by atoms with van der Waals surface area (Å²) in [6.07, 6.45) is 2.98. The zero-order chi connectivity index (χ0) is 17.5. The molecule has 1 atom stereocenters. The number of carbonyl (C=O) groups excluding carboxylic acids is 1. The number of fused-ring (bicyclic) bond motifs is 1. The van der Waals surface area contributed by atoms with Crippen LogP contribution < -0.4 is 5.32 Å². The molecule has 0 aromatic carbocycles. The van der Waals surface area contributed by atoms with Crippen molar-refractivity contribution in [3.05, 3.63) is 39.7 Å². The van der Waals surface area contributed by atoms with E-state index in [2.05, 4.69) is 32.2 Å². The first-order valence-electron chi connectivity index (χ1n) is 8.22. The summed E-state index contributed by atoms with van der Waals surface area (Å²) in [6.45, 7) is 8.60. The number of carbonyl (C=O) groups is 1. The Morgan fingerprint density at radius 1 is 1.42 bits per heavy atom. The van der Waals surface area contributed by atoms with E-state index in [1.54, 1.807) is 30.4 Å². The molecule has 1 aliphatic carbocycles. The number of nitrogens with one attached hydrogen (secondary N) is 1. The van der Waals surface area contributed by atoms with Crippen molar-refractivity contribution in [1.29, 1.82) is 5.26 Å². The first-order valence-corrected chi connectivity index (χ1v) is 9.03. The minimum Gasteiger partial charge on any atom is -0.456 e. The van der Waals surface area contributed by atoms with Crippen molar-refractivity contribution in [2.24, 2.45) is 11.3 Å². The van der Waals surface area contributed by atoms with E-state index >= 15 is 0 Å². The van der Waals surface area contributed by atoms with Gasteiger partial charge in [0.2, 0.25) is 0 Å². The highest BCUT2D eigenvalue weighted by atomic mass is 32.1. The molecule has 2 heterocycles. The molecular formula is C19H22N2O2S. The predicted octanol–water partition coefficient (Wildman–Crippen LogP) is 4.92. The molecule has 2 aromatic heterocycles. The highest BCUT2D eigenvalue weighted by Gasteiger charge is 2.32. The number of nitrogens with zero attached hydrogens (tertiary/aromatic N) is 1. The summed E-state index contributed by atoms with van der Waals surface area (Å²) in [5.74, 6) is 1.27. The van der Waals surface area contributed by atoms with Gasteiger partial charge < -0.3 is 9.73 Å². The van der Waals surface area contributed by atoms with E-state index in [0.29, 0.717) is 22.2 Å². The maximum Gasteiger partial charge on any atom is 0.292 e. The number of rotatable bonds is 2. The molecule has 1 N–H and O–H groups in total. The zero-order valence-electron chi connectivity index (χ0n) is 14.5. The third-order valence-corrected chi connectivity index (χ3v) is 5.96. The number of nitriles is 1. The summed E-state index contributed by atoms with van der Waals surface area (Å²) >= 11 is 1.54. The van der Waals surface area contributed by atoms with E-state index in [1.807, 2.05) is 0 Å². The van der Waals surface area contributed by atoms with Crippen molar-refractivity contribution < 1.29 is 9.21 Å². The molecule has 1 unspecified atom stereocenters. The van der Waals surface area contributed by atoms with E-state index in [0.717, 1.165) is 24.8 Å². The maximum absolute atomic E-state index is 12.3. The van der Waals surface area contributed by atoms with Crippen molar-refractivity contribution in [1.82, 2.24) is 0 Å². The van der Waals surface area contributed by atoms with Crippen molar-refractivity contribution in [2.45, 2.75) is 47.0 Å². The van der Waals surface area contributed by atoms with E-state index in [4.69, 9.17) is 4.42 Å². The Morgan fingerprint density at radius 2 is 2.17 bits per heavy atom. The third-order valence-electron chi connectivity index (χ3n) is 4.79. The molecule has 0 spiro atoms. The summed E-state index contributed by atoms with van der Waals surface area (Å²) < 4.78 is 5.36. The second-order valence-corrected chi connectivity index (χ2v) is 8.60. The van der Waals surface area contributed by atoms with E-state index in [-0.39, 0.29) is 17.1 Å². The second kappa shape index (κ2) is 6.10. The Morgan fingerprint density at radius 3 is 2.75 bits per heavy atom. The molecule has 126 valence electrons. The molecule has 0 bridgehead atoms. The summed E-state index contributed by atoms with van der Waals surface area (Å²) in [4.78, 5) is 13.6. The van der Waals surface area contributed by atoms with Gasteiger partial charge in [-0.15, -0.1) is 11.3 Å². The van der Waals surface area contributed by atoms with Crippen LogP contribution in [-0.2, 0) is 12.8 Å². The molecular weight excluding hydrogens is 320 g/mol. The van der Waals surface area contributed by atoms with Gasteiger partial charge in [0, 0.05) is 4.88 Å². The number of furan rings is 1. The fourth-order valence-corrected chi connectivity index (χ4v) is 4.53. The smallest absolute Gasteiger partial charge is 0.292 e. The van der Waals surface area contributed by atoms with Gasteiger partial charge in [-0.3, -0.25) is 4.79 Å². The van der Waals surface area contributed by atoms with Gasteiger partial charge >= 0.3 is 0 Å². The first-order chi connectivity index (χ1) is 11.3. The van der Waals surface area contributed by atoms with E-state index in [1.165, 1.54) is 4.88 Å². The lowest BCUT2D eigenvalue weighted by molar-refractivity contribution is 0.0996. The molecule has 0 saturated carbocycles. The lowest BCUT2D eigenvalue weighted by Gasteiger charge is -2.33. The van der Waals surface area contributed by atoms with Crippen LogP contribution in [0.3, 0.4) is 0 Å². The Bertz CT molecular complexity index is 818. The highest BCUT2D eigenvalue weighted by molar-refractivity contribution is 7.16. The van der Waals surface area contributed by atoms with Gasteiger partial charge in [0.25, 0.3) is 5.91 Å². The topological polar surface area (TPSA) is 66.0 Å². The number of anilines is 1. The minimum absolute atomic E-state index is 0.254. The highest BCUT2D eigenvalue weighted by Crippen LogP contribution is 2.44. The van der Waals surface area contributed by atoms with Crippen molar-refractivity contribution >= 4 is 22.2 Å². The number of hydrogen-bond donors (Lipinski definition) is 1. The molecule has 2 aromatic rings. The number of amides is 1. The normalized spacial score (nSPS) is 17.2. The number of thiophene rings is 1. The monoisotopic (exact) mass is 342 g/mol. The Kier molecular flexibility index (Phi) is 4.27. The molecule has 1 amide bonds. The Hall–Kier alpha value is -2.06. The quantitative estimate of drug-likeness (QED) is 0.842. The molecule has 0 aliphatic heterocycles. The molecule has 0 radical (unpaired) electrons. The lowest BCUT2D eigenvalue weighted by atomic mass is 9.72. The third kappa shape index (κ3) is 3.11. The van der Waals surface area contributed by atoms with Gasteiger partial charge in [0.1, 0.15) is 16.8 Å². The van der Waals surface area contributed by atoms with E-state index in [9.17, 15) is 10.1 Å². The predicted molar refractivity (Wildman–Crippen MR) is 95.4 cm³/mol. The van der Waals surface area contributed by atoms with Crippen LogP contribution in [0.5, 0.6) is 0 Å². The van der Waals surface area contributed by atoms with Gasteiger partial charge in [-0.25, -0.2) is 0 Å². The lowest BCUT2D eigenvalue weighted by Crippen LogP contribution is -2.26. The van der Waals surface area contributed by atoms with Gasteiger partial charge in [-0.05, 0) is 55.2 Å². The molecule has 3 rings (SSSR count). The Balaban J connectivity index is 1.87. The van der Waals surface area contributed by atoms with Crippen LogP contribution in [0.25, 0.3) is 0 Å². The van der Waals surface area contributed by atoms with Gasteiger partial charge in [-0.1, -0.05) is 20.8 Å². The molecule has 0 saturated heterocycles. The largest absolute Gasteiger partial charge is 0.456 e. The van der Waals surface area contributed by atoms with Crippen LogP contribution in [0.1, 0.15) is 59.5 Å². The summed E-state index contributed by atoms with van der Waals surface area (Å²) in [6, 6.07) is 5.69. The molecule has 24 heavy (non-hydrogen) atoms. The van der Waals surface area contributed by atoms with Crippen LogP contribution >= 0.6 is 11.3 Å². The molecule has 5 heteroatoms. The van der Waals surface area contributed by atoms with Gasteiger partial charge in [-0.2, -0.15) is 5.26 Å². The fraction of sp³-hybridized carbons (Fsp3) is 0.474. The SMILES string of the molecule is Cc1ccc(C(=O)Nc2sc3c(c2C#N)CCC(C(C)(C)C)C3)o1. The Labute approximate surface area is 146 Å². The van der Waals surface area contributed by atoms with Crippen molar-refractivity contribution in [3.8, 4) is 6.07 Å². The average Bonchev–Trinajstić information content (AvgIpc) is 3.08. The maximum atomic E-state index is 12.3. The fourth-order valence-electron chi connectivity index (χ4n) is 3.25. The van der Waals surface area contributed by atoms with E-state index < -0.39 is 0 Å². The van der Waals surface area contributed by atoms with Crippen LogP contribution in [0.15, 0.2) is 16.5 Å². The standard InChI is InChI=1S/C19H22N2O2S/c1-11-5-8-15(23-11)17(22)21-18-14(10-20)13-7-6-12(19(2,3)4)9-16(13)24-18/h5,8,12H,6-7,9H2,1-4H3,(H,21,22). The summed E-state index contributed by atoms with van der Waals surface area (Å²) in [5.41, 5.74) is 2.00. The summed E-state index contributed by atoms with van der Waals surface area (Å²) in [7, 11) is 0. The van der Waals surface area contributed by atoms with Crippen LogP contribution in [0, 0.1) is 29.6 Å². The molecule has 1 aliphatic rings. The van der Waals surface area contributed by atoms with Crippen LogP contribution in [0.2, 0.25) is 0 Å². The van der Waals surface area contributed by atoms with Crippen LogP contribution in [0.4, 0.5) is 5.00 Å². The first kappa shape index (κ1) is 16.8. The minimum atomic E-state index is -0.300. The van der Waals surface area contributed by atoms with Crippen molar-refractivity contribution in [2.75, 3.05) is 5.32 Å². The number of hydrogen-bond acceptors (Lipinski definition) is 4. The van der Waals surface area contributed by atoms with Gasteiger partial charge in [0.15, 0.2) is 5.76 Å². The van der Waals surface area contributed by atoms with Gasteiger partial charge in [0.05, 0.1) is 5.56 Å². The average molecular weight is 342 g/mol.